The van der Waals surface area contributed by atoms with Crippen LogP contribution in [0.1, 0.15) is 11.1 Å². The molecule has 1 aromatic carbocycles. The second-order valence-corrected chi connectivity index (χ2v) is 4.02. The molecule has 1 aliphatic rings. The molecule has 1 aliphatic carbocycles. The molecule has 80 valence electrons. The summed E-state index contributed by atoms with van der Waals surface area (Å²) in [6, 6.07) is 3.64. The average molecular weight is 227 g/mol. The Balaban J connectivity index is 2.20. The summed E-state index contributed by atoms with van der Waals surface area (Å²) in [5.41, 5.74) is 13.3. The van der Waals surface area contributed by atoms with Gasteiger partial charge in [-0.05, 0) is 23.3 Å². The fourth-order valence-electron chi connectivity index (χ4n) is 1.87. The quantitative estimate of drug-likeness (QED) is 0.712. The molecule has 0 bridgehead atoms. The Morgan fingerprint density at radius 1 is 1.40 bits per heavy atom. The molecule has 0 heterocycles. The lowest BCUT2D eigenvalue weighted by atomic mass is 10.1. The number of nitrogens with two attached hydrogens (primary N) is 2. The summed E-state index contributed by atoms with van der Waals surface area (Å²) < 4.78 is 4.93. The minimum atomic E-state index is -0.744. The van der Waals surface area contributed by atoms with E-state index in [2.05, 4.69) is 0 Å². The van der Waals surface area contributed by atoms with Crippen molar-refractivity contribution < 1.29 is 9.53 Å². The van der Waals surface area contributed by atoms with Gasteiger partial charge in [0.2, 0.25) is 0 Å². The van der Waals surface area contributed by atoms with Crippen LogP contribution in [0.4, 0.5) is 10.5 Å². The number of hydrogen-bond acceptors (Lipinski definition) is 3. The van der Waals surface area contributed by atoms with E-state index in [4.69, 9.17) is 27.8 Å². The van der Waals surface area contributed by atoms with Crippen LogP contribution in [0.3, 0.4) is 0 Å². The van der Waals surface area contributed by atoms with E-state index in [0.717, 1.165) is 11.1 Å². The summed E-state index contributed by atoms with van der Waals surface area (Å²) in [6.07, 6.45) is 0.375. The van der Waals surface area contributed by atoms with Gasteiger partial charge in [-0.2, -0.15) is 0 Å². The molecule has 4 N–H and O–H groups in total. The summed E-state index contributed by atoms with van der Waals surface area (Å²) in [4.78, 5) is 10.6. The van der Waals surface area contributed by atoms with Crippen LogP contribution >= 0.6 is 11.6 Å². The number of fused-ring (bicyclic) bond motifs is 1. The van der Waals surface area contributed by atoms with Crippen molar-refractivity contribution in [3.05, 3.63) is 28.3 Å². The summed E-state index contributed by atoms with van der Waals surface area (Å²) in [5.74, 6) is 0. The Morgan fingerprint density at radius 2 is 2.00 bits per heavy atom. The predicted molar refractivity (Wildman–Crippen MR) is 57.7 cm³/mol. The number of halogens is 1. The van der Waals surface area contributed by atoms with Crippen molar-refractivity contribution in [2.24, 2.45) is 5.73 Å². The minimum Gasteiger partial charge on any atom is -0.446 e. The second kappa shape index (κ2) is 3.62. The zero-order valence-corrected chi connectivity index (χ0v) is 8.75. The SMILES string of the molecule is NC(=O)OC1Cc2cc(N)c(Cl)cc2C1. The second-order valence-electron chi connectivity index (χ2n) is 3.61. The molecule has 0 fully saturated rings. The van der Waals surface area contributed by atoms with Gasteiger partial charge in [0.25, 0.3) is 0 Å². The van der Waals surface area contributed by atoms with Gasteiger partial charge >= 0.3 is 6.09 Å². The van der Waals surface area contributed by atoms with Crippen molar-refractivity contribution in [3.63, 3.8) is 0 Å². The van der Waals surface area contributed by atoms with Crippen LogP contribution in [-0.4, -0.2) is 12.2 Å². The Labute approximate surface area is 92.1 Å². The van der Waals surface area contributed by atoms with Crippen LogP contribution in [0.15, 0.2) is 12.1 Å². The van der Waals surface area contributed by atoms with E-state index in [1.54, 1.807) is 0 Å². The third-order valence-electron chi connectivity index (χ3n) is 2.50. The molecule has 1 unspecified atom stereocenters. The van der Waals surface area contributed by atoms with E-state index < -0.39 is 6.09 Å². The summed E-state index contributed by atoms with van der Waals surface area (Å²) >= 11 is 5.89. The molecule has 0 aromatic heterocycles. The van der Waals surface area contributed by atoms with E-state index in [0.29, 0.717) is 23.6 Å². The number of carbonyl (C=O) groups is 1. The van der Waals surface area contributed by atoms with Crippen LogP contribution in [0.5, 0.6) is 0 Å². The molecule has 1 amide bonds. The third-order valence-corrected chi connectivity index (χ3v) is 2.82. The highest BCUT2D eigenvalue weighted by atomic mass is 35.5. The maximum Gasteiger partial charge on any atom is 0.404 e. The fourth-order valence-corrected chi connectivity index (χ4v) is 2.05. The molecular formula is C10H11ClN2O2. The predicted octanol–water partition coefficient (Wildman–Crippen LogP) is 1.48. The molecule has 0 spiro atoms. The van der Waals surface area contributed by atoms with E-state index in [-0.39, 0.29) is 6.10 Å². The number of nitrogen functional groups attached to an aromatic ring is 1. The van der Waals surface area contributed by atoms with Crippen molar-refractivity contribution >= 4 is 23.4 Å². The molecular weight excluding hydrogens is 216 g/mol. The molecule has 1 aromatic rings. The van der Waals surface area contributed by atoms with Gasteiger partial charge in [-0.25, -0.2) is 4.79 Å². The van der Waals surface area contributed by atoms with Crippen molar-refractivity contribution in [1.29, 1.82) is 0 Å². The number of benzene rings is 1. The molecule has 0 radical (unpaired) electrons. The highest BCUT2D eigenvalue weighted by molar-refractivity contribution is 6.33. The zero-order valence-electron chi connectivity index (χ0n) is 8.00. The molecule has 0 saturated heterocycles. The van der Waals surface area contributed by atoms with Gasteiger partial charge in [0.15, 0.2) is 0 Å². The first-order valence-electron chi connectivity index (χ1n) is 4.59. The number of ether oxygens (including phenoxy) is 1. The van der Waals surface area contributed by atoms with Gasteiger partial charge in [0, 0.05) is 12.8 Å². The Kier molecular flexibility index (Phi) is 2.44. The van der Waals surface area contributed by atoms with Crippen LogP contribution in [0.2, 0.25) is 5.02 Å². The molecule has 2 rings (SSSR count). The van der Waals surface area contributed by atoms with Crippen molar-refractivity contribution in [3.8, 4) is 0 Å². The van der Waals surface area contributed by atoms with Gasteiger partial charge in [-0.3, -0.25) is 0 Å². The van der Waals surface area contributed by atoms with Gasteiger partial charge in [-0.1, -0.05) is 11.6 Å². The maximum absolute atomic E-state index is 10.6. The molecule has 1 atom stereocenters. The van der Waals surface area contributed by atoms with Crippen LogP contribution in [0.25, 0.3) is 0 Å². The van der Waals surface area contributed by atoms with Crippen molar-refractivity contribution in [2.75, 3.05) is 5.73 Å². The van der Waals surface area contributed by atoms with Crippen LogP contribution in [-0.2, 0) is 17.6 Å². The lowest BCUT2D eigenvalue weighted by Gasteiger charge is -2.07. The fraction of sp³-hybridized carbons (Fsp3) is 0.300. The van der Waals surface area contributed by atoms with E-state index >= 15 is 0 Å². The summed E-state index contributed by atoms with van der Waals surface area (Å²) in [7, 11) is 0. The molecule has 0 aliphatic heterocycles. The first kappa shape index (κ1) is 10.1. The van der Waals surface area contributed by atoms with Gasteiger partial charge < -0.3 is 16.2 Å². The molecule has 0 saturated carbocycles. The minimum absolute atomic E-state index is 0.185. The van der Waals surface area contributed by atoms with Crippen molar-refractivity contribution in [1.82, 2.24) is 0 Å². The van der Waals surface area contributed by atoms with E-state index in [1.807, 2.05) is 12.1 Å². The molecule has 5 heteroatoms. The van der Waals surface area contributed by atoms with Gasteiger partial charge in [0.1, 0.15) is 6.10 Å². The standard InChI is InChI=1S/C10H11ClN2O2/c11-8-3-5-1-7(15-10(13)14)2-6(5)4-9(8)12/h3-4,7H,1-2,12H2,(H2,13,14). The van der Waals surface area contributed by atoms with Crippen LogP contribution in [0, 0.1) is 0 Å². The number of hydrogen-bond donors (Lipinski definition) is 2. The summed E-state index contributed by atoms with van der Waals surface area (Å²) in [5, 5.41) is 0.536. The van der Waals surface area contributed by atoms with E-state index in [1.165, 1.54) is 0 Å². The highest BCUT2D eigenvalue weighted by Gasteiger charge is 2.24. The monoisotopic (exact) mass is 226 g/mol. The Hall–Kier alpha value is -1.42. The number of amides is 1. The first-order chi connectivity index (χ1) is 7.06. The Morgan fingerprint density at radius 3 is 2.60 bits per heavy atom. The maximum atomic E-state index is 10.6. The number of carbonyl (C=O) groups excluding carboxylic acids is 1. The van der Waals surface area contributed by atoms with E-state index in [9.17, 15) is 4.79 Å². The highest BCUT2D eigenvalue weighted by Crippen LogP contribution is 2.30. The van der Waals surface area contributed by atoms with Gasteiger partial charge in [0.05, 0.1) is 10.7 Å². The Bertz CT molecular complexity index is 389. The topological polar surface area (TPSA) is 78.3 Å². The molecule has 4 nitrogen and oxygen atoms in total. The van der Waals surface area contributed by atoms with Gasteiger partial charge in [-0.15, -0.1) is 0 Å². The normalized spacial score (nSPS) is 18.6. The number of anilines is 1. The lowest BCUT2D eigenvalue weighted by molar-refractivity contribution is 0.112. The largest absolute Gasteiger partial charge is 0.446 e. The van der Waals surface area contributed by atoms with Crippen molar-refractivity contribution in [2.45, 2.75) is 18.9 Å². The lowest BCUT2D eigenvalue weighted by Crippen LogP contribution is -2.22. The zero-order chi connectivity index (χ0) is 11.0. The van der Waals surface area contributed by atoms with Crippen LogP contribution < -0.4 is 11.5 Å². The number of rotatable bonds is 1. The smallest absolute Gasteiger partial charge is 0.404 e. The first-order valence-corrected chi connectivity index (χ1v) is 4.97. The summed E-state index contributed by atoms with van der Waals surface area (Å²) in [6.45, 7) is 0. The number of primary amides is 1. The third kappa shape index (κ3) is 1.99. The average Bonchev–Trinajstić information content (AvgIpc) is 2.46. The molecule has 15 heavy (non-hydrogen) atoms.